The van der Waals surface area contributed by atoms with Crippen LogP contribution in [0.4, 0.5) is 5.69 Å². The lowest BCUT2D eigenvalue weighted by Crippen LogP contribution is -2.22. The number of carbonyl (C=O) groups excluding carboxylic acids is 1. The van der Waals surface area contributed by atoms with Gasteiger partial charge in [0.1, 0.15) is 11.4 Å². The molecule has 0 saturated carbocycles. The van der Waals surface area contributed by atoms with Gasteiger partial charge < -0.3 is 0 Å². The van der Waals surface area contributed by atoms with Crippen LogP contribution in [0.25, 0.3) is 6.08 Å². The Balaban J connectivity index is 1.88. The summed E-state index contributed by atoms with van der Waals surface area (Å²) in [5.41, 5.74) is 2.89. The normalized spacial score (nSPS) is 15.2. The fourth-order valence-corrected chi connectivity index (χ4v) is 3.85. The molecule has 1 amide bonds. The van der Waals surface area contributed by atoms with Crippen LogP contribution in [0.15, 0.2) is 77.7 Å². The second kappa shape index (κ2) is 7.76. The number of anilines is 1. The standard InChI is InChI=1S/C21H12Cl3N3O/c22-15-11-17(23)20(18(24)12-15)27-21(28)16(10-13-6-8-25-9-7-13)19(26-27)14-4-2-1-3-5-14/h1-12H/b16-10-. The first kappa shape index (κ1) is 18.7. The lowest BCUT2D eigenvalue weighted by atomic mass is 10.0. The third-order valence-electron chi connectivity index (χ3n) is 4.14. The van der Waals surface area contributed by atoms with Crippen molar-refractivity contribution in [2.75, 3.05) is 5.01 Å². The Bertz CT molecular complexity index is 1090. The summed E-state index contributed by atoms with van der Waals surface area (Å²) in [5.74, 6) is -0.332. The Hall–Kier alpha value is -2.66. The van der Waals surface area contributed by atoms with Gasteiger partial charge in [0.25, 0.3) is 5.91 Å². The Morgan fingerprint density at radius 1 is 0.893 bits per heavy atom. The highest BCUT2D eigenvalue weighted by atomic mass is 35.5. The molecule has 2 aromatic carbocycles. The van der Waals surface area contributed by atoms with E-state index in [1.807, 2.05) is 42.5 Å². The van der Waals surface area contributed by atoms with Crippen molar-refractivity contribution in [2.45, 2.75) is 0 Å². The van der Waals surface area contributed by atoms with E-state index in [1.165, 1.54) is 17.1 Å². The van der Waals surface area contributed by atoms with Gasteiger partial charge in [0, 0.05) is 23.0 Å². The molecule has 0 bridgehead atoms. The van der Waals surface area contributed by atoms with E-state index in [1.54, 1.807) is 18.5 Å². The number of hydrogen-bond acceptors (Lipinski definition) is 3. The van der Waals surface area contributed by atoms with Crippen molar-refractivity contribution in [3.63, 3.8) is 0 Å². The van der Waals surface area contributed by atoms with Crippen LogP contribution in [0.2, 0.25) is 15.1 Å². The van der Waals surface area contributed by atoms with E-state index in [0.717, 1.165) is 11.1 Å². The molecule has 0 atom stereocenters. The van der Waals surface area contributed by atoms with E-state index >= 15 is 0 Å². The van der Waals surface area contributed by atoms with Crippen LogP contribution < -0.4 is 5.01 Å². The number of halogens is 3. The fraction of sp³-hybridized carbons (Fsp3) is 0. The van der Waals surface area contributed by atoms with Gasteiger partial charge in [-0.1, -0.05) is 65.1 Å². The first-order valence-corrected chi connectivity index (χ1v) is 9.43. The molecule has 7 heteroatoms. The molecule has 4 rings (SSSR count). The molecule has 0 saturated heterocycles. The zero-order valence-electron chi connectivity index (χ0n) is 14.3. The van der Waals surface area contributed by atoms with Crippen molar-refractivity contribution in [2.24, 2.45) is 5.10 Å². The van der Waals surface area contributed by atoms with Gasteiger partial charge in [-0.25, -0.2) is 0 Å². The van der Waals surface area contributed by atoms with Crippen LogP contribution in [0.1, 0.15) is 11.1 Å². The molecular formula is C21H12Cl3N3O. The molecule has 28 heavy (non-hydrogen) atoms. The first-order chi connectivity index (χ1) is 13.5. The van der Waals surface area contributed by atoms with Gasteiger partial charge in [0.15, 0.2) is 0 Å². The predicted octanol–water partition coefficient (Wildman–Crippen LogP) is 5.88. The summed E-state index contributed by atoms with van der Waals surface area (Å²) < 4.78 is 0. The molecule has 4 nitrogen and oxygen atoms in total. The summed E-state index contributed by atoms with van der Waals surface area (Å²) in [6, 6.07) is 16.1. The molecule has 1 aromatic heterocycles. The molecule has 3 aromatic rings. The molecule has 0 N–H and O–H groups in total. The summed E-state index contributed by atoms with van der Waals surface area (Å²) in [6.07, 6.45) is 5.10. The third-order valence-corrected chi connectivity index (χ3v) is 4.93. The maximum absolute atomic E-state index is 13.3. The zero-order chi connectivity index (χ0) is 19.7. The topological polar surface area (TPSA) is 45.6 Å². The summed E-state index contributed by atoms with van der Waals surface area (Å²) >= 11 is 18.6. The maximum atomic E-state index is 13.3. The van der Waals surface area contributed by atoms with Gasteiger partial charge in [0.05, 0.1) is 15.6 Å². The number of pyridine rings is 1. The predicted molar refractivity (Wildman–Crippen MR) is 114 cm³/mol. The van der Waals surface area contributed by atoms with Gasteiger partial charge in [-0.05, 0) is 35.9 Å². The minimum Gasteiger partial charge on any atom is -0.267 e. The van der Waals surface area contributed by atoms with Gasteiger partial charge in [0.2, 0.25) is 0 Å². The van der Waals surface area contributed by atoms with E-state index in [4.69, 9.17) is 34.8 Å². The summed E-state index contributed by atoms with van der Waals surface area (Å²) in [4.78, 5) is 17.3. The summed E-state index contributed by atoms with van der Waals surface area (Å²) in [7, 11) is 0. The Kier molecular flexibility index (Phi) is 5.18. The quantitative estimate of drug-likeness (QED) is 0.489. The van der Waals surface area contributed by atoms with Crippen LogP contribution in [0.3, 0.4) is 0 Å². The smallest absolute Gasteiger partial charge is 0.267 e. The number of aromatic nitrogens is 1. The van der Waals surface area contributed by atoms with Gasteiger partial charge in [-0.15, -0.1) is 0 Å². The Morgan fingerprint density at radius 3 is 2.18 bits per heavy atom. The van der Waals surface area contributed by atoms with Crippen molar-refractivity contribution in [3.8, 4) is 0 Å². The molecule has 0 spiro atoms. The molecule has 0 aliphatic carbocycles. The number of amides is 1. The number of benzene rings is 2. The highest BCUT2D eigenvalue weighted by molar-refractivity contribution is 6.44. The second-order valence-electron chi connectivity index (χ2n) is 5.99. The number of hydrogen-bond donors (Lipinski definition) is 0. The first-order valence-electron chi connectivity index (χ1n) is 8.30. The number of nitrogens with zero attached hydrogens (tertiary/aromatic N) is 3. The lowest BCUT2D eigenvalue weighted by Gasteiger charge is -2.15. The number of rotatable bonds is 3. The molecule has 0 radical (unpaired) electrons. The van der Waals surface area contributed by atoms with Gasteiger partial charge in [-0.3, -0.25) is 9.78 Å². The van der Waals surface area contributed by atoms with Gasteiger partial charge >= 0.3 is 0 Å². The van der Waals surface area contributed by atoms with E-state index in [-0.39, 0.29) is 16.0 Å². The minimum absolute atomic E-state index is 0.243. The van der Waals surface area contributed by atoms with E-state index < -0.39 is 0 Å². The number of carbonyl (C=O) groups is 1. The van der Waals surface area contributed by atoms with Crippen LogP contribution in [0.5, 0.6) is 0 Å². The summed E-state index contributed by atoms with van der Waals surface area (Å²) in [6.45, 7) is 0. The fourth-order valence-electron chi connectivity index (χ4n) is 2.87. The maximum Gasteiger partial charge on any atom is 0.281 e. The van der Waals surface area contributed by atoms with Crippen LogP contribution in [0, 0.1) is 0 Å². The van der Waals surface area contributed by atoms with E-state index in [2.05, 4.69) is 10.1 Å². The minimum atomic E-state index is -0.332. The average molecular weight is 429 g/mol. The van der Waals surface area contributed by atoms with Crippen molar-refractivity contribution < 1.29 is 4.79 Å². The molecule has 138 valence electrons. The van der Waals surface area contributed by atoms with Crippen molar-refractivity contribution in [1.29, 1.82) is 0 Å². The molecular weight excluding hydrogens is 417 g/mol. The highest BCUT2D eigenvalue weighted by Gasteiger charge is 2.34. The van der Waals surface area contributed by atoms with Crippen molar-refractivity contribution in [1.82, 2.24) is 4.98 Å². The van der Waals surface area contributed by atoms with Crippen LogP contribution in [-0.2, 0) is 4.79 Å². The van der Waals surface area contributed by atoms with E-state index in [9.17, 15) is 4.79 Å². The van der Waals surface area contributed by atoms with Crippen molar-refractivity contribution in [3.05, 3.63) is 98.8 Å². The van der Waals surface area contributed by atoms with Crippen LogP contribution in [-0.4, -0.2) is 16.6 Å². The van der Waals surface area contributed by atoms with Gasteiger partial charge in [-0.2, -0.15) is 10.1 Å². The molecule has 0 unspecified atom stereocenters. The SMILES string of the molecule is O=C1/C(=C\c2ccncc2)C(c2ccccc2)=NN1c1c(Cl)cc(Cl)cc1Cl. The molecule has 0 fully saturated rings. The van der Waals surface area contributed by atoms with Crippen LogP contribution >= 0.6 is 34.8 Å². The Labute approximate surface area is 176 Å². The average Bonchev–Trinajstić information content (AvgIpc) is 2.99. The second-order valence-corrected chi connectivity index (χ2v) is 7.24. The molecule has 1 aliphatic rings. The lowest BCUT2D eigenvalue weighted by molar-refractivity contribution is -0.114. The zero-order valence-corrected chi connectivity index (χ0v) is 16.6. The largest absolute Gasteiger partial charge is 0.281 e. The molecule has 1 aliphatic heterocycles. The van der Waals surface area contributed by atoms with E-state index in [0.29, 0.717) is 22.0 Å². The number of hydrazone groups is 1. The van der Waals surface area contributed by atoms with Crippen molar-refractivity contribution >= 4 is 58.2 Å². The summed E-state index contributed by atoms with van der Waals surface area (Å²) in [5, 5.41) is 6.63. The Morgan fingerprint density at radius 2 is 1.54 bits per heavy atom. The highest BCUT2D eigenvalue weighted by Crippen LogP contribution is 2.39. The monoisotopic (exact) mass is 427 g/mol. The third kappa shape index (κ3) is 3.54. The molecule has 2 heterocycles.